The summed E-state index contributed by atoms with van der Waals surface area (Å²) in [6.07, 6.45) is 4.00. The van der Waals surface area contributed by atoms with Crippen molar-refractivity contribution < 1.29 is 19.1 Å². The number of benzene rings is 2. The van der Waals surface area contributed by atoms with Crippen molar-refractivity contribution in [2.75, 3.05) is 0 Å². The molecule has 0 bridgehead atoms. The van der Waals surface area contributed by atoms with Crippen molar-refractivity contribution in [3.63, 3.8) is 0 Å². The summed E-state index contributed by atoms with van der Waals surface area (Å²) < 4.78 is 12.4. The molecule has 0 N–H and O–H groups in total. The van der Waals surface area contributed by atoms with E-state index in [1.807, 2.05) is 39.0 Å². The summed E-state index contributed by atoms with van der Waals surface area (Å²) >= 11 is 0. The van der Waals surface area contributed by atoms with Crippen molar-refractivity contribution in [3.05, 3.63) is 59.2 Å². The summed E-state index contributed by atoms with van der Waals surface area (Å²) in [5.41, 5.74) is 2.16. The van der Waals surface area contributed by atoms with E-state index in [9.17, 15) is 9.59 Å². The van der Waals surface area contributed by atoms with Crippen LogP contribution in [0.1, 0.15) is 74.9 Å². The van der Waals surface area contributed by atoms with Crippen LogP contribution in [0.4, 0.5) is 0 Å². The van der Waals surface area contributed by atoms with E-state index < -0.39 is 5.60 Å². The van der Waals surface area contributed by atoms with Crippen LogP contribution in [-0.2, 0) is 11.2 Å². The Hall–Kier alpha value is -2.62. The molecular formula is C27H34O4. The quantitative estimate of drug-likeness (QED) is 0.488. The summed E-state index contributed by atoms with van der Waals surface area (Å²) in [5.74, 6) is 1.14. The fourth-order valence-electron chi connectivity index (χ4n) is 4.39. The number of ketones is 2. The molecule has 1 aliphatic heterocycles. The maximum Gasteiger partial charge on any atom is 0.173 e. The Morgan fingerprint density at radius 1 is 1.19 bits per heavy atom. The van der Waals surface area contributed by atoms with Crippen molar-refractivity contribution in [1.29, 1.82) is 0 Å². The largest absolute Gasteiger partial charge is 0.491 e. The van der Waals surface area contributed by atoms with Crippen LogP contribution in [0.25, 0.3) is 0 Å². The second-order valence-corrected chi connectivity index (χ2v) is 9.28. The first-order valence-corrected chi connectivity index (χ1v) is 11.3. The van der Waals surface area contributed by atoms with Gasteiger partial charge in [0.2, 0.25) is 0 Å². The second-order valence-electron chi connectivity index (χ2n) is 9.28. The molecule has 166 valence electrons. The lowest BCUT2D eigenvalue weighted by Crippen LogP contribution is -2.46. The standard InChI is InChI=1S/C27H34O4/c1-18-16-22(30-20(3)10-9-13-21-11-7-6-8-12-21)17-24-25(18)26(29)23(15-14-19(2)28)27(4,5)31-24/h6-8,11-12,16-17,20,23H,9-10,13-15H2,1-5H3. The van der Waals surface area contributed by atoms with Gasteiger partial charge in [-0.1, -0.05) is 30.3 Å². The Kier molecular flexibility index (Phi) is 7.19. The van der Waals surface area contributed by atoms with Gasteiger partial charge in [-0.15, -0.1) is 0 Å². The molecule has 0 amide bonds. The molecule has 0 aliphatic carbocycles. The molecule has 0 radical (unpaired) electrons. The van der Waals surface area contributed by atoms with Gasteiger partial charge >= 0.3 is 0 Å². The predicted molar refractivity (Wildman–Crippen MR) is 123 cm³/mol. The van der Waals surface area contributed by atoms with Crippen molar-refractivity contribution in [3.8, 4) is 11.5 Å². The molecule has 0 saturated carbocycles. The molecule has 4 nitrogen and oxygen atoms in total. The fraction of sp³-hybridized carbons (Fsp3) is 0.481. The van der Waals surface area contributed by atoms with Crippen molar-refractivity contribution >= 4 is 11.6 Å². The monoisotopic (exact) mass is 422 g/mol. The fourth-order valence-corrected chi connectivity index (χ4v) is 4.39. The lowest BCUT2D eigenvalue weighted by Gasteiger charge is -2.39. The minimum Gasteiger partial charge on any atom is -0.491 e. The van der Waals surface area contributed by atoms with E-state index in [1.165, 1.54) is 5.56 Å². The Bertz CT molecular complexity index is 930. The van der Waals surface area contributed by atoms with Crippen molar-refractivity contribution in [2.24, 2.45) is 5.92 Å². The van der Waals surface area contributed by atoms with E-state index in [2.05, 4.69) is 31.2 Å². The number of ether oxygens (including phenoxy) is 2. The number of rotatable bonds is 9. The van der Waals surface area contributed by atoms with Crippen LogP contribution in [0.3, 0.4) is 0 Å². The molecular weight excluding hydrogens is 388 g/mol. The molecule has 2 unspecified atom stereocenters. The van der Waals surface area contributed by atoms with Gasteiger partial charge < -0.3 is 14.3 Å². The number of Topliss-reactive ketones (excluding diaryl/α,β-unsaturated/α-hetero) is 2. The summed E-state index contributed by atoms with van der Waals surface area (Å²) in [5, 5.41) is 0. The van der Waals surface area contributed by atoms with Gasteiger partial charge in [0, 0.05) is 12.5 Å². The molecule has 3 rings (SSSR count). The number of carbonyl (C=O) groups is 2. The zero-order valence-corrected chi connectivity index (χ0v) is 19.4. The maximum absolute atomic E-state index is 13.2. The summed E-state index contributed by atoms with van der Waals surface area (Å²) in [4.78, 5) is 24.7. The second kappa shape index (κ2) is 9.67. The third kappa shape index (κ3) is 5.75. The average Bonchev–Trinajstić information content (AvgIpc) is 2.67. The number of hydrogen-bond donors (Lipinski definition) is 0. The third-order valence-corrected chi connectivity index (χ3v) is 6.09. The van der Waals surface area contributed by atoms with E-state index in [4.69, 9.17) is 9.47 Å². The highest BCUT2D eigenvalue weighted by atomic mass is 16.5. The van der Waals surface area contributed by atoms with Crippen LogP contribution in [0.15, 0.2) is 42.5 Å². The summed E-state index contributed by atoms with van der Waals surface area (Å²) in [6.45, 7) is 9.41. The van der Waals surface area contributed by atoms with Gasteiger partial charge in [0.25, 0.3) is 0 Å². The molecule has 0 saturated heterocycles. The van der Waals surface area contributed by atoms with Gasteiger partial charge in [-0.05, 0) is 77.5 Å². The minimum absolute atomic E-state index is 0.0625. The normalized spacial score (nSPS) is 18.1. The topological polar surface area (TPSA) is 52.6 Å². The third-order valence-electron chi connectivity index (χ3n) is 6.09. The first-order chi connectivity index (χ1) is 14.7. The number of fused-ring (bicyclic) bond motifs is 1. The lowest BCUT2D eigenvalue weighted by molar-refractivity contribution is -0.117. The average molecular weight is 423 g/mol. The van der Waals surface area contributed by atoms with Crippen molar-refractivity contribution in [1.82, 2.24) is 0 Å². The SMILES string of the molecule is CC(=O)CCC1C(=O)c2c(C)cc(OC(C)CCCc3ccccc3)cc2OC1(C)C. The van der Waals surface area contributed by atoms with Crippen LogP contribution < -0.4 is 9.47 Å². The van der Waals surface area contributed by atoms with E-state index >= 15 is 0 Å². The molecule has 2 atom stereocenters. The smallest absolute Gasteiger partial charge is 0.173 e. The zero-order chi connectivity index (χ0) is 22.6. The molecule has 2 aromatic carbocycles. The highest BCUT2D eigenvalue weighted by molar-refractivity contribution is 6.03. The Morgan fingerprint density at radius 2 is 1.90 bits per heavy atom. The van der Waals surface area contributed by atoms with Gasteiger partial charge in [0.05, 0.1) is 17.6 Å². The first kappa shape index (κ1) is 23.1. The Labute approximate surface area is 186 Å². The van der Waals surface area contributed by atoms with E-state index in [0.717, 1.165) is 30.6 Å². The van der Waals surface area contributed by atoms with Crippen LogP contribution in [-0.4, -0.2) is 23.3 Å². The van der Waals surface area contributed by atoms with Crippen LogP contribution in [0.2, 0.25) is 0 Å². The van der Waals surface area contributed by atoms with Gasteiger partial charge in [-0.2, -0.15) is 0 Å². The molecule has 0 aromatic heterocycles. The van der Waals surface area contributed by atoms with E-state index in [1.54, 1.807) is 6.92 Å². The summed E-state index contributed by atoms with van der Waals surface area (Å²) in [7, 11) is 0. The predicted octanol–water partition coefficient (Wildman–Crippen LogP) is 6.12. The van der Waals surface area contributed by atoms with E-state index in [0.29, 0.717) is 24.2 Å². The minimum atomic E-state index is -0.661. The molecule has 1 heterocycles. The Morgan fingerprint density at radius 3 is 2.58 bits per heavy atom. The number of hydrogen-bond acceptors (Lipinski definition) is 4. The van der Waals surface area contributed by atoms with Gasteiger partial charge in [-0.3, -0.25) is 4.79 Å². The molecule has 0 fully saturated rings. The summed E-state index contributed by atoms with van der Waals surface area (Å²) in [6, 6.07) is 14.2. The van der Waals surface area contributed by atoms with Gasteiger partial charge in [0.1, 0.15) is 22.9 Å². The number of carbonyl (C=O) groups excluding carboxylic acids is 2. The highest BCUT2D eigenvalue weighted by Crippen LogP contribution is 2.42. The molecule has 0 spiro atoms. The molecule has 1 aliphatic rings. The highest BCUT2D eigenvalue weighted by Gasteiger charge is 2.43. The van der Waals surface area contributed by atoms with Crippen LogP contribution in [0.5, 0.6) is 11.5 Å². The van der Waals surface area contributed by atoms with Gasteiger partial charge in [-0.25, -0.2) is 0 Å². The van der Waals surface area contributed by atoms with E-state index in [-0.39, 0.29) is 23.6 Å². The molecule has 4 heteroatoms. The molecule has 2 aromatic rings. The number of aryl methyl sites for hydroxylation is 2. The Balaban J connectivity index is 1.68. The molecule has 31 heavy (non-hydrogen) atoms. The lowest BCUT2D eigenvalue weighted by atomic mass is 9.77. The zero-order valence-electron chi connectivity index (χ0n) is 19.4. The van der Waals surface area contributed by atoms with Crippen LogP contribution in [0, 0.1) is 12.8 Å². The van der Waals surface area contributed by atoms with Gasteiger partial charge in [0.15, 0.2) is 5.78 Å². The first-order valence-electron chi connectivity index (χ1n) is 11.3. The maximum atomic E-state index is 13.2. The van der Waals surface area contributed by atoms with Crippen molar-refractivity contribution in [2.45, 2.75) is 78.4 Å². The van der Waals surface area contributed by atoms with Crippen LogP contribution >= 0.6 is 0 Å².